The molecule has 1 aliphatic heterocycles. The van der Waals surface area contributed by atoms with Gasteiger partial charge in [-0.2, -0.15) is 0 Å². The Morgan fingerprint density at radius 2 is 2.11 bits per heavy atom. The van der Waals surface area contributed by atoms with E-state index in [-0.39, 0.29) is 12.1 Å². The van der Waals surface area contributed by atoms with Gasteiger partial charge in [0.05, 0.1) is 25.9 Å². The molecule has 1 aromatic carbocycles. The minimum Gasteiger partial charge on any atom is -0.496 e. The maximum absolute atomic E-state index is 5.98. The number of hydrogen-bond acceptors (Lipinski definition) is 4. The van der Waals surface area contributed by atoms with Gasteiger partial charge < -0.3 is 19.5 Å². The molecule has 0 saturated carbocycles. The fourth-order valence-corrected chi connectivity index (χ4v) is 2.16. The van der Waals surface area contributed by atoms with Crippen LogP contribution in [0.1, 0.15) is 31.9 Å². The predicted octanol–water partition coefficient (Wildman–Crippen LogP) is 2.53. The van der Waals surface area contributed by atoms with Crippen molar-refractivity contribution >= 4 is 0 Å². The molecule has 0 bridgehead atoms. The van der Waals surface area contributed by atoms with E-state index in [0.717, 1.165) is 30.0 Å². The van der Waals surface area contributed by atoms with Crippen molar-refractivity contribution in [2.75, 3.05) is 26.9 Å². The third kappa shape index (κ3) is 3.39. The van der Waals surface area contributed by atoms with Crippen molar-refractivity contribution in [3.8, 4) is 11.5 Å². The fraction of sp³-hybridized carbons (Fsp3) is 0.600. The lowest BCUT2D eigenvalue weighted by Crippen LogP contribution is -2.39. The smallest absolute Gasteiger partial charge is 0.145 e. The Labute approximate surface area is 115 Å². The Kier molecular flexibility index (Phi) is 5.05. The molecular formula is C15H23NO3. The van der Waals surface area contributed by atoms with Crippen molar-refractivity contribution in [1.82, 2.24) is 5.32 Å². The van der Waals surface area contributed by atoms with Crippen molar-refractivity contribution in [3.63, 3.8) is 0 Å². The third-order valence-electron chi connectivity index (χ3n) is 3.28. The number of rotatable bonds is 7. The van der Waals surface area contributed by atoms with E-state index in [9.17, 15) is 0 Å². The van der Waals surface area contributed by atoms with E-state index in [1.165, 1.54) is 0 Å². The highest BCUT2D eigenvalue weighted by Crippen LogP contribution is 2.35. The van der Waals surface area contributed by atoms with Crippen LogP contribution in [0, 0.1) is 0 Å². The molecule has 1 atom stereocenters. The molecule has 1 unspecified atom stereocenters. The quantitative estimate of drug-likeness (QED) is 0.822. The average molecular weight is 265 g/mol. The van der Waals surface area contributed by atoms with Crippen molar-refractivity contribution in [1.29, 1.82) is 0 Å². The number of hydrogen-bond donors (Lipinski definition) is 1. The first-order valence-electron chi connectivity index (χ1n) is 6.91. The molecular weight excluding hydrogens is 242 g/mol. The standard InChI is InChI=1S/C15H23NO3/c1-4-8-16-11(2)15-13(17-3)6-5-7-14(15)19-12-9-18-10-12/h5-7,11-12,16H,4,8-10H2,1-3H3. The Balaban J connectivity index is 2.19. The zero-order chi connectivity index (χ0) is 13.7. The van der Waals surface area contributed by atoms with E-state index in [1.54, 1.807) is 7.11 Å². The molecule has 0 aromatic heterocycles. The van der Waals surface area contributed by atoms with E-state index in [1.807, 2.05) is 18.2 Å². The van der Waals surface area contributed by atoms with Crippen LogP contribution >= 0.6 is 0 Å². The highest BCUT2D eigenvalue weighted by atomic mass is 16.6. The first-order chi connectivity index (χ1) is 9.26. The van der Waals surface area contributed by atoms with Crippen LogP contribution in [0.3, 0.4) is 0 Å². The highest BCUT2D eigenvalue weighted by Gasteiger charge is 2.24. The predicted molar refractivity (Wildman–Crippen MR) is 74.9 cm³/mol. The zero-order valence-electron chi connectivity index (χ0n) is 11.9. The van der Waals surface area contributed by atoms with Crippen LogP contribution in [-0.2, 0) is 4.74 Å². The van der Waals surface area contributed by atoms with E-state index in [0.29, 0.717) is 13.2 Å². The van der Waals surface area contributed by atoms with E-state index in [2.05, 4.69) is 19.2 Å². The van der Waals surface area contributed by atoms with Gasteiger partial charge in [-0.05, 0) is 32.0 Å². The second-order valence-electron chi connectivity index (χ2n) is 4.83. The Morgan fingerprint density at radius 3 is 2.68 bits per heavy atom. The van der Waals surface area contributed by atoms with E-state index < -0.39 is 0 Å². The summed E-state index contributed by atoms with van der Waals surface area (Å²) in [4.78, 5) is 0. The maximum Gasteiger partial charge on any atom is 0.145 e. The third-order valence-corrected chi connectivity index (χ3v) is 3.28. The first kappa shape index (κ1) is 14.2. The summed E-state index contributed by atoms with van der Waals surface area (Å²) in [6.45, 7) is 6.62. The summed E-state index contributed by atoms with van der Waals surface area (Å²) in [5.74, 6) is 1.76. The van der Waals surface area contributed by atoms with Crippen molar-refractivity contribution in [2.45, 2.75) is 32.4 Å². The average Bonchev–Trinajstić information content (AvgIpc) is 2.39. The normalized spacial score (nSPS) is 16.8. The lowest BCUT2D eigenvalue weighted by Gasteiger charge is -2.29. The van der Waals surface area contributed by atoms with Gasteiger partial charge in [-0.3, -0.25) is 0 Å². The summed E-state index contributed by atoms with van der Waals surface area (Å²) >= 11 is 0. The van der Waals surface area contributed by atoms with Gasteiger partial charge >= 0.3 is 0 Å². The molecule has 1 N–H and O–H groups in total. The Bertz CT molecular complexity index is 404. The van der Waals surface area contributed by atoms with Gasteiger partial charge in [-0.1, -0.05) is 13.0 Å². The summed E-state index contributed by atoms with van der Waals surface area (Å²) < 4.78 is 16.6. The van der Waals surface area contributed by atoms with Crippen LogP contribution < -0.4 is 14.8 Å². The van der Waals surface area contributed by atoms with Gasteiger partial charge in [-0.25, -0.2) is 0 Å². The van der Waals surface area contributed by atoms with Gasteiger partial charge in [0, 0.05) is 6.04 Å². The van der Waals surface area contributed by atoms with Gasteiger partial charge in [0.1, 0.15) is 17.6 Å². The summed E-state index contributed by atoms with van der Waals surface area (Å²) in [5.41, 5.74) is 1.09. The van der Waals surface area contributed by atoms with E-state index in [4.69, 9.17) is 14.2 Å². The number of ether oxygens (including phenoxy) is 3. The molecule has 1 fully saturated rings. The fourth-order valence-electron chi connectivity index (χ4n) is 2.16. The Hall–Kier alpha value is -1.26. The van der Waals surface area contributed by atoms with Crippen LogP contribution in [0.2, 0.25) is 0 Å². The van der Waals surface area contributed by atoms with Crippen LogP contribution in [0.25, 0.3) is 0 Å². The number of nitrogens with one attached hydrogen (secondary N) is 1. The molecule has 19 heavy (non-hydrogen) atoms. The van der Waals surface area contributed by atoms with Crippen LogP contribution in [0.4, 0.5) is 0 Å². The zero-order valence-corrected chi connectivity index (χ0v) is 11.9. The summed E-state index contributed by atoms with van der Waals surface area (Å²) in [6, 6.07) is 6.14. The van der Waals surface area contributed by atoms with Gasteiger partial charge in [-0.15, -0.1) is 0 Å². The molecule has 1 aliphatic rings. The molecule has 4 nitrogen and oxygen atoms in total. The van der Waals surface area contributed by atoms with Gasteiger partial charge in [0.25, 0.3) is 0 Å². The maximum atomic E-state index is 5.98. The lowest BCUT2D eigenvalue weighted by molar-refractivity contribution is -0.0801. The number of methoxy groups -OCH3 is 1. The van der Waals surface area contributed by atoms with Crippen LogP contribution in [0.15, 0.2) is 18.2 Å². The SMILES string of the molecule is CCCNC(C)c1c(OC)cccc1OC1COC1. The van der Waals surface area contributed by atoms with Gasteiger partial charge in [0.15, 0.2) is 0 Å². The molecule has 1 heterocycles. The molecule has 1 saturated heterocycles. The molecule has 0 radical (unpaired) electrons. The second kappa shape index (κ2) is 6.78. The molecule has 106 valence electrons. The molecule has 1 aromatic rings. The largest absolute Gasteiger partial charge is 0.496 e. The van der Waals surface area contributed by atoms with E-state index >= 15 is 0 Å². The van der Waals surface area contributed by atoms with Crippen LogP contribution in [0.5, 0.6) is 11.5 Å². The lowest BCUT2D eigenvalue weighted by atomic mass is 10.1. The summed E-state index contributed by atoms with van der Waals surface area (Å²) in [5, 5.41) is 3.48. The molecule has 4 heteroatoms. The first-order valence-corrected chi connectivity index (χ1v) is 6.91. The Morgan fingerprint density at radius 1 is 1.37 bits per heavy atom. The minimum absolute atomic E-state index is 0.171. The summed E-state index contributed by atoms with van der Waals surface area (Å²) in [7, 11) is 1.70. The minimum atomic E-state index is 0.171. The van der Waals surface area contributed by atoms with Crippen molar-refractivity contribution in [2.24, 2.45) is 0 Å². The van der Waals surface area contributed by atoms with Crippen molar-refractivity contribution < 1.29 is 14.2 Å². The van der Waals surface area contributed by atoms with Gasteiger partial charge in [0.2, 0.25) is 0 Å². The van der Waals surface area contributed by atoms with Crippen molar-refractivity contribution in [3.05, 3.63) is 23.8 Å². The molecule has 0 aliphatic carbocycles. The topological polar surface area (TPSA) is 39.7 Å². The molecule has 0 amide bonds. The molecule has 2 rings (SSSR count). The molecule has 0 spiro atoms. The monoisotopic (exact) mass is 265 g/mol. The highest BCUT2D eigenvalue weighted by molar-refractivity contribution is 5.47. The number of benzene rings is 1. The van der Waals surface area contributed by atoms with Crippen LogP contribution in [-0.4, -0.2) is 33.0 Å². The summed E-state index contributed by atoms with van der Waals surface area (Å²) in [6.07, 6.45) is 1.27. The second-order valence-corrected chi connectivity index (χ2v) is 4.83.